The van der Waals surface area contributed by atoms with Gasteiger partial charge in [0.05, 0.1) is 20.3 Å². The first-order valence-electron chi connectivity index (χ1n) is 9.07. The van der Waals surface area contributed by atoms with Gasteiger partial charge >= 0.3 is 6.03 Å². The number of nitrogens with one attached hydrogen (secondary N) is 1. The van der Waals surface area contributed by atoms with Crippen LogP contribution < -0.4 is 14.8 Å². The van der Waals surface area contributed by atoms with Crippen LogP contribution in [0.1, 0.15) is 37.3 Å². The van der Waals surface area contributed by atoms with Gasteiger partial charge in [-0.1, -0.05) is 25.0 Å². The molecule has 5 nitrogen and oxygen atoms in total. The fourth-order valence-corrected chi connectivity index (χ4v) is 3.39. The molecule has 1 fully saturated rings. The van der Waals surface area contributed by atoms with Crippen molar-refractivity contribution in [2.24, 2.45) is 0 Å². The van der Waals surface area contributed by atoms with E-state index in [0.717, 1.165) is 55.0 Å². The fraction of sp³-hybridized carbons (Fsp3) is 0.381. The quantitative estimate of drug-likeness (QED) is 0.853. The Kier molecular flexibility index (Phi) is 6.00. The van der Waals surface area contributed by atoms with Crippen molar-refractivity contribution in [3.63, 3.8) is 0 Å². The summed E-state index contributed by atoms with van der Waals surface area (Å²) < 4.78 is 10.4. The smallest absolute Gasteiger partial charge is 0.322 e. The van der Waals surface area contributed by atoms with Crippen LogP contribution >= 0.6 is 0 Å². The fourth-order valence-electron chi connectivity index (χ4n) is 3.39. The van der Waals surface area contributed by atoms with E-state index in [9.17, 15) is 4.79 Å². The number of hydrogen-bond acceptors (Lipinski definition) is 3. The number of urea groups is 1. The van der Waals surface area contributed by atoms with E-state index in [1.54, 1.807) is 14.2 Å². The van der Waals surface area contributed by atoms with Gasteiger partial charge in [0.15, 0.2) is 0 Å². The van der Waals surface area contributed by atoms with Crippen LogP contribution in [0.5, 0.6) is 11.5 Å². The normalized spacial score (nSPS) is 17.3. The number of anilines is 1. The Morgan fingerprint density at radius 3 is 2.15 bits per heavy atom. The highest BCUT2D eigenvalue weighted by Gasteiger charge is 2.26. The third kappa shape index (κ3) is 4.28. The predicted molar refractivity (Wildman–Crippen MR) is 103 cm³/mol. The standard InChI is InChI=1S/C21H26N2O3/c1-25-18-11-7-16(8-12-18)20-6-4-3-5-15-23(20)21(24)22-17-9-13-19(26-2)14-10-17/h7-14,20H,3-6,15H2,1-2H3,(H,22,24). The molecule has 0 bridgehead atoms. The van der Waals surface area contributed by atoms with E-state index in [-0.39, 0.29) is 12.1 Å². The molecule has 1 aliphatic heterocycles. The van der Waals surface area contributed by atoms with Gasteiger partial charge in [0.2, 0.25) is 0 Å². The van der Waals surface area contributed by atoms with Gasteiger partial charge in [-0.3, -0.25) is 0 Å². The van der Waals surface area contributed by atoms with E-state index in [2.05, 4.69) is 17.4 Å². The molecule has 0 aliphatic carbocycles. The summed E-state index contributed by atoms with van der Waals surface area (Å²) in [4.78, 5) is 14.9. The average Bonchev–Trinajstić information content (AvgIpc) is 2.95. The average molecular weight is 354 g/mol. The van der Waals surface area contributed by atoms with E-state index in [4.69, 9.17) is 9.47 Å². The number of ether oxygens (including phenoxy) is 2. The lowest BCUT2D eigenvalue weighted by molar-refractivity contribution is 0.189. The summed E-state index contributed by atoms with van der Waals surface area (Å²) in [7, 11) is 3.29. The molecule has 2 amide bonds. The Bertz CT molecular complexity index is 713. The van der Waals surface area contributed by atoms with Gasteiger partial charge in [0.25, 0.3) is 0 Å². The highest BCUT2D eigenvalue weighted by molar-refractivity contribution is 5.89. The topological polar surface area (TPSA) is 50.8 Å². The maximum atomic E-state index is 12.9. The molecule has 1 N–H and O–H groups in total. The lowest BCUT2D eigenvalue weighted by Crippen LogP contribution is -2.38. The lowest BCUT2D eigenvalue weighted by Gasteiger charge is -2.30. The Balaban J connectivity index is 1.77. The van der Waals surface area contributed by atoms with Crippen LogP contribution in [0.25, 0.3) is 0 Å². The molecular formula is C21H26N2O3. The molecule has 0 radical (unpaired) electrons. The molecule has 138 valence electrons. The molecule has 0 saturated carbocycles. The Morgan fingerprint density at radius 2 is 1.54 bits per heavy atom. The Labute approximate surface area is 154 Å². The van der Waals surface area contributed by atoms with Crippen molar-refractivity contribution in [2.75, 3.05) is 26.1 Å². The number of carbonyl (C=O) groups is 1. The molecule has 26 heavy (non-hydrogen) atoms. The molecule has 2 aromatic rings. The second-order valence-corrected chi connectivity index (χ2v) is 6.49. The summed E-state index contributed by atoms with van der Waals surface area (Å²) in [5.74, 6) is 1.60. The molecule has 1 saturated heterocycles. The van der Waals surface area contributed by atoms with Crippen LogP contribution in [0.2, 0.25) is 0 Å². The Morgan fingerprint density at radius 1 is 0.923 bits per heavy atom. The van der Waals surface area contributed by atoms with Crippen molar-refractivity contribution in [3.05, 3.63) is 54.1 Å². The minimum atomic E-state index is -0.0575. The van der Waals surface area contributed by atoms with Crippen molar-refractivity contribution >= 4 is 11.7 Å². The number of nitrogens with zero attached hydrogens (tertiary/aromatic N) is 1. The summed E-state index contributed by atoms with van der Waals surface area (Å²) in [6.07, 6.45) is 4.28. The number of methoxy groups -OCH3 is 2. The third-order valence-electron chi connectivity index (χ3n) is 4.86. The largest absolute Gasteiger partial charge is 0.497 e. The minimum absolute atomic E-state index is 0.0575. The van der Waals surface area contributed by atoms with Gasteiger partial charge < -0.3 is 19.7 Å². The zero-order valence-electron chi connectivity index (χ0n) is 15.4. The predicted octanol–water partition coefficient (Wildman–Crippen LogP) is 4.85. The van der Waals surface area contributed by atoms with Crippen LogP contribution in [0.4, 0.5) is 10.5 Å². The first-order valence-corrected chi connectivity index (χ1v) is 9.07. The highest BCUT2D eigenvalue weighted by atomic mass is 16.5. The SMILES string of the molecule is COc1ccc(NC(=O)N2CCCCCC2c2ccc(OC)cc2)cc1. The van der Waals surface area contributed by atoms with Crippen LogP contribution in [0.15, 0.2) is 48.5 Å². The second kappa shape index (κ2) is 8.61. The first kappa shape index (κ1) is 18.1. The van der Waals surface area contributed by atoms with Crippen LogP contribution in [0, 0.1) is 0 Å². The molecule has 1 heterocycles. The molecule has 1 aliphatic rings. The highest BCUT2D eigenvalue weighted by Crippen LogP contribution is 2.31. The summed E-state index contributed by atoms with van der Waals surface area (Å²) in [6.45, 7) is 0.763. The molecular weight excluding hydrogens is 328 g/mol. The second-order valence-electron chi connectivity index (χ2n) is 6.49. The number of benzene rings is 2. The maximum absolute atomic E-state index is 12.9. The Hall–Kier alpha value is -2.69. The van der Waals surface area contributed by atoms with Gasteiger partial charge in [0.1, 0.15) is 11.5 Å². The van der Waals surface area contributed by atoms with Gasteiger partial charge in [0, 0.05) is 12.2 Å². The van der Waals surface area contributed by atoms with E-state index < -0.39 is 0 Å². The molecule has 0 aromatic heterocycles. The zero-order valence-corrected chi connectivity index (χ0v) is 15.4. The van der Waals surface area contributed by atoms with Crippen molar-refractivity contribution < 1.29 is 14.3 Å². The number of carbonyl (C=O) groups excluding carboxylic acids is 1. The first-order chi connectivity index (χ1) is 12.7. The van der Waals surface area contributed by atoms with Gasteiger partial charge in [-0.2, -0.15) is 0 Å². The number of likely N-dealkylation sites (tertiary alicyclic amines) is 1. The number of amides is 2. The van der Waals surface area contributed by atoms with Crippen molar-refractivity contribution in [1.82, 2.24) is 4.90 Å². The van der Waals surface area contributed by atoms with Crippen molar-refractivity contribution in [2.45, 2.75) is 31.7 Å². The summed E-state index contributed by atoms with van der Waals surface area (Å²) in [5.41, 5.74) is 1.92. The lowest BCUT2D eigenvalue weighted by atomic mass is 10.0. The third-order valence-corrected chi connectivity index (χ3v) is 4.86. The molecule has 1 unspecified atom stereocenters. The summed E-state index contributed by atoms with van der Waals surface area (Å²) in [6, 6.07) is 15.5. The monoisotopic (exact) mass is 354 g/mol. The zero-order chi connectivity index (χ0) is 18.4. The van der Waals surface area contributed by atoms with Crippen LogP contribution in [0.3, 0.4) is 0 Å². The molecule has 3 rings (SSSR count). The van der Waals surface area contributed by atoms with Crippen LogP contribution in [-0.2, 0) is 0 Å². The molecule has 1 atom stereocenters. The summed E-state index contributed by atoms with van der Waals surface area (Å²) in [5, 5.41) is 3.02. The van der Waals surface area contributed by atoms with Crippen molar-refractivity contribution in [3.8, 4) is 11.5 Å². The summed E-state index contributed by atoms with van der Waals surface area (Å²) >= 11 is 0. The number of rotatable bonds is 4. The van der Waals surface area contributed by atoms with Gasteiger partial charge in [-0.15, -0.1) is 0 Å². The van der Waals surface area contributed by atoms with Crippen molar-refractivity contribution in [1.29, 1.82) is 0 Å². The van der Waals surface area contributed by atoms with E-state index in [1.165, 1.54) is 0 Å². The van der Waals surface area contributed by atoms with Crippen LogP contribution in [-0.4, -0.2) is 31.7 Å². The molecule has 2 aromatic carbocycles. The number of hydrogen-bond donors (Lipinski definition) is 1. The van der Waals surface area contributed by atoms with E-state index >= 15 is 0 Å². The van der Waals surface area contributed by atoms with Gasteiger partial charge in [-0.25, -0.2) is 4.79 Å². The van der Waals surface area contributed by atoms with E-state index in [1.807, 2.05) is 41.3 Å². The molecule has 5 heteroatoms. The minimum Gasteiger partial charge on any atom is -0.497 e. The van der Waals surface area contributed by atoms with Gasteiger partial charge in [-0.05, 0) is 54.8 Å². The maximum Gasteiger partial charge on any atom is 0.322 e. The molecule has 0 spiro atoms. The van der Waals surface area contributed by atoms with E-state index in [0.29, 0.717) is 0 Å².